The summed E-state index contributed by atoms with van der Waals surface area (Å²) in [5.74, 6) is 0. The second-order valence-electron chi connectivity index (χ2n) is 5.19. The summed E-state index contributed by atoms with van der Waals surface area (Å²) in [7, 11) is 4.02. The zero-order chi connectivity index (χ0) is 12.6. The Kier molecular flexibility index (Phi) is 2.84. The summed E-state index contributed by atoms with van der Waals surface area (Å²) < 4.78 is 7.51. The quantitative estimate of drug-likeness (QED) is 0.886. The summed E-state index contributed by atoms with van der Waals surface area (Å²) >= 11 is 0. The van der Waals surface area contributed by atoms with Crippen molar-refractivity contribution in [3.8, 4) is 0 Å². The molecule has 0 amide bonds. The number of hydrogen-bond acceptors (Lipinski definition) is 3. The predicted molar refractivity (Wildman–Crippen MR) is 71.8 cm³/mol. The third-order valence-corrected chi connectivity index (χ3v) is 3.95. The Morgan fingerprint density at radius 3 is 2.94 bits per heavy atom. The van der Waals surface area contributed by atoms with Crippen molar-refractivity contribution >= 4 is 11.0 Å². The molecule has 2 heterocycles. The van der Waals surface area contributed by atoms with E-state index in [0.29, 0.717) is 0 Å². The van der Waals surface area contributed by atoms with E-state index in [4.69, 9.17) is 4.74 Å². The molecule has 4 heteroatoms. The zero-order valence-electron chi connectivity index (χ0n) is 10.9. The fraction of sp³-hybridized carbons (Fsp3) is 0.500. The molecule has 2 aromatic rings. The molecule has 4 nitrogen and oxygen atoms in total. The molecule has 0 unspecified atom stereocenters. The van der Waals surface area contributed by atoms with Gasteiger partial charge in [0.2, 0.25) is 0 Å². The van der Waals surface area contributed by atoms with Gasteiger partial charge < -0.3 is 14.6 Å². The summed E-state index contributed by atoms with van der Waals surface area (Å²) in [6.45, 7) is 2.67. The molecular weight excluding hydrogens is 226 g/mol. The Bertz CT molecular complexity index is 557. The van der Waals surface area contributed by atoms with Gasteiger partial charge in [0.1, 0.15) is 0 Å². The highest BCUT2D eigenvalue weighted by atomic mass is 16.5. The molecule has 18 heavy (non-hydrogen) atoms. The van der Waals surface area contributed by atoms with Gasteiger partial charge in [-0.3, -0.25) is 0 Å². The van der Waals surface area contributed by atoms with Gasteiger partial charge in [-0.1, -0.05) is 6.07 Å². The third-order valence-electron chi connectivity index (χ3n) is 3.95. The summed E-state index contributed by atoms with van der Waals surface area (Å²) in [6.07, 6.45) is 2.98. The van der Waals surface area contributed by atoms with Gasteiger partial charge in [0.15, 0.2) is 0 Å². The smallest absolute Gasteiger partial charge is 0.0955 e. The molecule has 1 aromatic carbocycles. The van der Waals surface area contributed by atoms with Crippen LogP contribution >= 0.6 is 0 Å². The van der Waals surface area contributed by atoms with Crippen LogP contribution in [-0.2, 0) is 17.2 Å². The van der Waals surface area contributed by atoms with E-state index in [-0.39, 0.29) is 5.41 Å². The molecule has 1 saturated heterocycles. The van der Waals surface area contributed by atoms with Gasteiger partial charge >= 0.3 is 0 Å². The summed E-state index contributed by atoms with van der Waals surface area (Å²) in [5, 5.41) is 3.23. The molecule has 0 atom stereocenters. The molecule has 0 saturated carbocycles. The van der Waals surface area contributed by atoms with E-state index in [2.05, 4.69) is 33.1 Å². The van der Waals surface area contributed by atoms with Crippen molar-refractivity contribution < 1.29 is 4.74 Å². The number of aromatic nitrogens is 2. The number of ether oxygens (including phenoxy) is 1. The molecule has 0 aliphatic carbocycles. The minimum Gasteiger partial charge on any atom is -0.379 e. The Hall–Kier alpha value is -1.39. The monoisotopic (exact) mass is 245 g/mol. The lowest BCUT2D eigenvalue weighted by Gasteiger charge is -2.42. The van der Waals surface area contributed by atoms with Crippen LogP contribution in [0.5, 0.6) is 0 Å². The number of hydrogen-bond donors (Lipinski definition) is 1. The zero-order valence-corrected chi connectivity index (χ0v) is 10.9. The molecular formula is C14H19N3O. The van der Waals surface area contributed by atoms with Gasteiger partial charge in [0.25, 0.3) is 0 Å². The van der Waals surface area contributed by atoms with Gasteiger partial charge in [-0.05, 0) is 37.7 Å². The van der Waals surface area contributed by atoms with E-state index >= 15 is 0 Å². The third kappa shape index (κ3) is 1.72. The lowest BCUT2D eigenvalue weighted by atomic mass is 9.76. The first-order chi connectivity index (χ1) is 8.75. The van der Waals surface area contributed by atoms with Gasteiger partial charge in [-0.15, -0.1) is 0 Å². The highest BCUT2D eigenvalue weighted by Crippen LogP contribution is 2.36. The van der Waals surface area contributed by atoms with E-state index < -0.39 is 0 Å². The number of benzene rings is 1. The van der Waals surface area contributed by atoms with Gasteiger partial charge in [0, 0.05) is 12.5 Å². The topological polar surface area (TPSA) is 39.1 Å². The first-order valence-corrected chi connectivity index (χ1v) is 6.39. The molecule has 3 rings (SSSR count). The number of rotatable bonds is 4. The first-order valence-electron chi connectivity index (χ1n) is 6.39. The molecule has 0 spiro atoms. The number of nitrogens with one attached hydrogen (secondary N) is 1. The summed E-state index contributed by atoms with van der Waals surface area (Å²) in [5.41, 5.74) is 3.80. The predicted octanol–water partition coefficient (Wildman–Crippen LogP) is 1.45. The van der Waals surface area contributed by atoms with Crippen LogP contribution in [0.3, 0.4) is 0 Å². The average molecular weight is 245 g/mol. The largest absolute Gasteiger partial charge is 0.379 e. The highest BCUT2D eigenvalue weighted by molar-refractivity contribution is 5.76. The maximum Gasteiger partial charge on any atom is 0.0955 e. The fourth-order valence-electron chi connectivity index (χ4n) is 2.63. The van der Waals surface area contributed by atoms with E-state index in [1.165, 1.54) is 11.1 Å². The second-order valence-corrected chi connectivity index (χ2v) is 5.19. The van der Waals surface area contributed by atoms with E-state index in [9.17, 15) is 0 Å². The average Bonchev–Trinajstić information content (AvgIpc) is 2.70. The Balaban J connectivity index is 1.97. The van der Waals surface area contributed by atoms with Crippen molar-refractivity contribution in [2.45, 2.75) is 11.8 Å². The molecule has 1 aliphatic rings. The van der Waals surface area contributed by atoms with Crippen molar-refractivity contribution in [2.75, 3.05) is 26.8 Å². The maximum absolute atomic E-state index is 5.45. The molecule has 96 valence electrons. The van der Waals surface area contributed by atoms with Crippen molar-refractivity contribution in [1.82, 2.24) is 14.9 Å². The SMILES string of the molecule is CNCCC1(c2ccc3c(c2)ncn3C)COC1. The fourth-order valence-corrected chi connectivity index (χ4v) is 2.63. The first kappa shape index (κ1) is 11.7. The van der Waals surface area contributed by atoms with Crippen LogP contribution in [0.2, 0.25) is 0 Å². The summed E-state index contributed by atoms with van der Waals surface area (Å²) in [6, 6.07) is 6.60. The standard InChI is InChI=1S/C14H19N3O/c1-15-6-5-14(8-18-9-14)11-3-4-13-12(7-11)16-10-17(13)2/h3-4,7,10,15H,5-6,8-9H2,1-2H3. The molecule has 1 aromatic heterocycles. The number of fused-ring (bicyclic) bond motifs is 1. The minimum atomic E-state index is 0.189. The van der Waals surface area contributed by atoms with Crippen LogP contribution in [0.4, 0.5) is 0 Å². The Labute approximate surface area is 107 Å². The molecule has 0 bridgehead atoms. The van der Waals surface area contributed by atoms with Crippen LogP contribution in [-0.4, -0.2) is 36.4 Å². The lowest BCUT2D eigenvalue weighted by Crippen LogP contribution is -2.48. The maximum atomic E-state index is 5.45. The van der Waals surface area contributed by atoms with Crippen LogP contribution < -0.4 is 5.32 Å². The van der Waals surface area contributed by atoms with Crippen LogP contribution in [0, 0.1) is 0 Å². The van der Waals surface area contributed by atoms with Crippen LogP contribution in [0.1, 0.15) is 12.0 Å². The van der Waals surface area contributed by atoms with Crippen molar-refractivity contribution in [3.05, 3.63) is 30.1 Å². The molecule has 1 aliphatic heterocycles. The Morgan fingerprint density at radius 2 is 2.28 bits per heavy atom. The van der Waals surface area contributed by atoms with E-state index in [0.717, 1.165) is 31.7 Å². The Morgan fingerprint density at radius 1 is 1.44 bits per heavy atom. The van der Waals surface area contributed by atoms with Crippen LogP contribution in [0.25, 0.3) is 11.0 Å². The van der Waals surface area contributed by atoms with E-state index in [1.807, 2.05) is 20.4 Å². The van der Waals surface area contributed by atoms with Gasteiger partial charge in [-0.25, -0.2) is 4.98 Å². The second kappa shape index (κ2) is 4.37. The molecule has 1 N–H and O–H groups in total. The minimum absolute atomic E-state index is 0.189. The number of aryl methyl sites for hydroxylation is 1. The molecule has 1 fully saturated rings. The molecule has 0 radical (unpaired) electrons. The lowest BCUT2D eigenvalue weighted by molar-refractivity contribution is -0.0637. The van der Waals surface area contributed by atoms with Gasteiger partial charge in [0.05, 0.1) is 30.6 Å². The van der Waals surface area contributed by atoms with Gasteiger partial charge in [-0.2, -0.15) is 0 Å². The van der Waals surface area contributed by atoms with Crippen molar-refractivity contribution in [3.63, 3.8) is 0 Å². The van der Waals surface area contributed by atoms with Crippen LogP contribution in [0.15, 0.2) is 24.5 Å². The normalized spacial score (nSPS) is 17.9. The number of nitrogens with zero attached hydrogens (tertiary/aromatic N) is 2. The van der Waals surface area contributed by atoms with Crippen molar-refractivity contribution in [1.29, 1.82) is 0 Å². The van der Waals surface area contributed by atoms with Crippen molar-refractivity contribution in [2.24, 2.45) is 7.05 Å². The highest BCUT2D eigenvalue weighted by Gasteiger charge is 2.39. The van der Waals surface area contributed by atoms with E-state index in [1.54, 1.807) is 0 Å². The number of imidazole rings is 1. The summed E-state index contributed by atoms with van der Waals surface area (Å²) in [4.78, 5) is 4.44.